The van der Waals surface area contributed by atoms with Gasteiger partial charge in [-0.2, -0.15) is 0 Å². The maximum atomic E-state index is 13.1. The van der Waals surface area contributed by atoms with Gasteiger partial charge in [0, 0.05) is 5.82 Å². The van der Waals surface area contributed by atoms with Crippen LogP contribution in [0.15, 0.2) is 24.0 Å². The molecule has 1 rings (SSSR count). The first kappa shape index (κ1) is 21.8. The molecule has 8 heteroatoms. The van der Waals surface area contributed by atoms with Gasteiger partial charge in [-0.1, -0.05) is 18.2 Å². The van der Waals surface area contributed by atoms with Crippen LogP contribution < -0.4 is 0 Å². The highest BCUT2D eigenvalue weighted by atomic mass is 31.2. The van der Waals surface area contributed by atoms with Crippen molar-refractivity contribution in [2.75, 3.05) is 26.4 Å². The molecule has 0 saturated heterocycles. The summed E-state index contributed by atoms with van der Waals surface area (Å²) >= 11 is 0. The molecule has 0 spiro atoms. The predicted molar refractivity (Wildman–Crippen MR) is 96.5 cm³/mol. The molecule has 140 valence electrons. The second-order valence-corrected chi connectivity index (χ2v) is 9.34. The fraction of sp³-hybridized carbons (Fsp3) is 0.750. The summed E-state index contributed by atoms with van der Waals surface area (Å²) in [5, 5.41) is 0. The van der Waals surface area contributed by atoms with Crippen LogP contribution in [-0.4, -0.2) is 32.1 Å². The molecule has 0 fully saturated rings. The van der Waals surface area contributed by atoms with Crippen LogP contribution in [0.1, 0.15) is 40.5 Å². The minimum Gasteiger partial charge on any atom is -0.308 e. The van der Waals surface area contributed by atoms with Gasteiger partial charge in [-0.15, -0.1) is 0 Å². The Morgan fingerprint density at radius 2 is 1.50 bits per heavy atom. The lowest BCUT2D eigenvalue weighted by atomic mass is 9.94. The van der Waals surface area contributed by atoms with Crippen molar-refractivity contribution in [2.45, 2.75) is 46.2 Å². The zero-order valence-corrected chi connectivity index (χ0v) is 16.8. The van der Waals surface area contributed by atoms with Gasteiger partial charge in [-0.25, -0.2) is 0 Å². The maximum Gasteiger partial charge on any atom is 0.353 e. The maximum absolute atomic E-state index is 13.1. The topological polar surface area (TPSA) is 71.1 Å². The van der Waals surface area contributed by atoms with E-state index in [0.29, 0.717) is 26.4 Å². The zero-order valence-electron chi connectivity index (χ0n) is 15.1. The largest absolute Gasteiger partial charge is 0.353 e. The van der Waals surface area contributed by atoms with E-state index in [1.54, 1.807) is 33.8 Å². The van der Waals surface area contributed by atoms with Crippen LogP contribution in [0, 0.1) is 5.92 Å². The molecule has 0 amide bonds. The summed E-state index contributed by atoms with van der Waals surface area (Å²) in [7, 11) is -6.54. The number of hydrogen-bond acceptors (Lipinski definition) is 6. The second kappa shape index (κ2) is 10.7. The Kier molecular flexibility index (Phi) is 9.73. The molecule has 0 radical (unpaired) electrons. The highest BCUT2D eigenvalue weighted by Crippen LogP contribution is 2.58. The van der Waals surface area contributed by atoms with E-state index < -0.39 is 15.2 Å². The van der Waals surface area contributed by atoms with Crippen molar-refractivity contribution < 1.29 is 27.2 Å². The van der Waals surface area contributed by atoms with Crippen LogP contribution in [0.4, 0.5) is 0 Å². The molecule has 0 aliphatic heterocycles. The van der Waals surface area contributed by atoms with Gasteiger partial charge in [0.05, 0.1) is 32.1 Å². The average Bonchev–Trinajstić information content (AvgIpc) is 2.54. The molecule has 0 heterocycles. The number of rotatable bonds is 11. The first-order valence-corrected chi connectivity index (χ1v) is 11.8. The molecule has 0 aromatic carbocycles. The van der Waals surface area contributed by atoms with Gasteiger partial charge in [0.2, 0.25) is 0 Å². The normalized spacial score (nSPS) is 22.3. The SMILES string of the molecule is CCOP(=O)(/C=C/C1CCC=CC1P(=O)(OCC)OCC)OCC. The van der Waals surface area contributed by atoms with E-state index in [-0.39, 0.29) is 11.6 Å². The lowest BCUT2D eigenvalue weighted by Crippen LogP contribution is -2.22. The van der Waals surface area contributed by atoms with Gasteiger partial charge in [-0.05, 0) is 46.5 Å². The molecule has 0 bridgehead atoms. The van der Waals surface area contributed by atoms with E-state index in [1.165, 1.54) is 5.82 Å². The van der Waals surface area contributed by atoms with E-state index in [1.807, 2.05) is 12.2 Å². The number of hydrogen-bond donors (Lipinski definition) is 0. The molecular formula is C16H30O6P2. The van der Waals surface area contributed by atoms with E-state index >= 15 is 0 Å². The summed E-state index contributed by atoms with van der Waals surface area (Å²) in [5.74, 6) is 1.38. The van der Waals surface area contributed by atoms with Gasteiger partial charge in [-0.3, -0.25) is 9.13 Å². The van der Waals surface area contributed by atoms with Crippen molar-refractivity contribution in [3.05, 3.63) is 24.0 Å². The average molecular weight is 380 g/mol. The summed E-state index contributed by atoms with van der Waals surface area (Å²) in [4.78, 5) is 0. The van der Waals surface area contributed by atoms with Gasteiger partial charge in [0.25, 0.3) is 0 Å². The molecule has 1 aliphatic rings. The summed E-state index contributed by atoms with van der Waals surface area (Å²) in [6, 6.07) is 0. The molecule has 0 N–H and O–H groups in total. The Balaban J connectivity index is 3.02. The molecule has 2 atom stereocenters. The quantitative estimate of drug-likeness (QED) is 0.355. The van der Waals surface area contributed by atoms with Crippen LogP contribution in [0.2, 0.25) is 0 Å². The van der Waals surface area contributed by atoms with E-state index in [9.17, 15) is 9.13 Å². The lowest BCUT2D eigenvalue weighted by Gasteiger charge is -2.31. The first-order valence-electron chi connectivity index (χ1n) is 8.58. The van der Waals surface area contributed by atoms with Crippen LogP contribution in [0.3, 0.4) is 0 Å². The lowest BCUT2D eigenvalue weighted by molar-refractivity contribution is 0.209. The van der Waals surface area contributed by atoms with Crippen molar-refractivity contribution in [3.8, 4) is 0 Å². The van der Waals surface area contributed by atoms with Crippen LogP contribution in [-0.2, 0) is 27.2 Å². The number of allylic oxidation sites excluding steroid dienone is 3. The summed E-state index contributed by atoms with van der Waals surface area (Å²) in [6.07, 6.45) is 7.30. The minimum absolute atomic E-state index is 0.104. The van der Waals surface area contributed by atoms with E-state index in [4.69, 9.17) is 18.1 Å². The monoisotopic (exact) mass is 380 g/mol. The Labute approximate surface area is 145 Å². The third-order valence-electron chi connectivity index (χ3n) is 3.56. The third kappa shape index (κ3) is 6.25. The standard InChI is InChI=1S/C16H30O6P2/c1-5-19-23(17,20-6-2)14-13-15-11-9-10-12-16(15)24(18,21-7-3)22-8-4/h10,12-16H,5-9,11H2,1-4H3/b14-13+. The fourth-order valence-electron chi connectivity index (χ4n) is 2.66. The molecule has 1 aliphatic carbocycles. The Bertz CT molecular complexity index is 497. The molecular weight excluding hydrogens is 350 g/mol. The second-order valence-electron chi connectivity index (χ2n) is 5.25. The molecule has 0 aromatic rings. The summed E-state index contributed by atoms with van der Waals surface area (Å²) in [5.41, 5.74) is -0.390. The van der Waals surface area contributed by atoms with Crippen molar-refractivity contribution in [1.29, 1.82) is 0 Å². The van der Waals surface area contributed by atoms with Gasteiger partial charge < -0.3 is 18.1 Å². The zero-order chi connectivity index (χ0) is 18.1. The Morgan fingerprint density at radius 3 is 2.00 bits per heavy atom. The van der Waals surface area contributed by atoms with E-state index in [0.717, 1.165) is 12.8 Å². The third-order valence-corrected chi connectivity index (χ3v) is 7.85. The van der Waals surface area contributed by atoms with Crippen LogP contribution >= 0.6 is 15.2 Å². The highest BCUT2D eigenvalue weighted by molar-refractivity contribution is 7.57. The molecule has 24 heavy (non-hydrogen) atoms. The van der Waals surface area contributed by atoms with Crippen molar-refractivity contribution in [3.63, 3.8) is 0 Å². The Morgan fingerprint density at radius 1 is 0.958 bits per heavy atom. The van der Waals surface area contributed by atoms with Gasteiger partial charge in [0.1, 0.15) is 0 Å². The van der Waals surface area contributed by atoms with Crippen molar-refractivity contribution in [2.24, 2.45) is 5.92 Å². The first-order chi connectivity index (χ1) is 11.4. The summed E-state index contributed by atoms with van der Waals surface area (Å²) in [6.45, 7) is 8.35. The fourth-order valence-corrected chi connectivity index (χ4v) is 6.24. The van der Waals surface area contributed by atoms with Crippen molar-refractivity contribution >= 4 is 15.2 Å². The smallest absolute Gasteiger partial charge is 0.308 e. The van der Waals surface area contributed by atoms with Crippen LogP contribution in [0.25, 0.3) is 0 Å². The molecule has 2 unspecified atom stereocenters. The molecule has 0 aromatic heterocycles. The van der Waals surface area contributed by atoms with Gasteiger partial charge in [0.15, 0.2) is 0 Å². The highest BCUT2D eigenvalue weighted by Gasteiger charge is 2.39. The minimum atomic E-state index is -3.27. The molecule has 6 nitrogen and oxygen atoms in total. The Hall–Kier alpha value is -0.220. The predicted octanol–water partition coefficient (Wildman–Crippen LogP) is 5.37. The molecule has 0 saturated carbocycles. The van der Waals surface area contributed by atoms with Crippen LogP contribution in [0.5, 0.6) is 0 Å². The van der Waals surface area contributed by atoms with Gasteiger partial charge >= 0.3 is 15.2 Å². The summed E-state index contributed by atoms with van der Waals surface area (Å²) < 4.78 is 47.2. The van der Waals surface area contributed by atoms with E-state index in [2.05, 4.69) is 0 Å². The van der Waals surface area contributed by atoms with Crippen molar-refractivity contribution in [1.82, 2.24) is 0 Å².